The van der Waals surface area contributed by atoms with Gasteiger partial charge in [-0.15, -0.1) is 0 Å². The molecule has 0 spiro atoms. The minimum absolute atomic E-state index is 0.609. The third-order valence-electron chi connectivity index (χ3n) is 3.61. The standard InChI is InChI=1S/C14H24N4S/c1-5-12-16-13(15-6-2)10(3)14(17-12)18(4)11-7-8-19-9-11/h11H,5-9H2,1-4H3,(H,15,16,17). The average molecular weight is 280 g/mol. The van der Waals surface area contributed by atoms with Crippen molar-refractivity contribution in [2.75, 3.05) is 35.3 Å². The van der Waals surface area contributed by atoms with Gasteiger partial charge in [-0.2, -0.15) is 11.8 Å². The summed E-state index contributed by atoms with van der Waals surface area (Å²) in [5, 5.41) is 3.35. The fourth-order valence-electron chi connectivity index (χ4n) is 2.39. The second kappa shape index (κ2) is 6.46. The number of aryl methyl sites for hydroxylation is 1. The van der Waals surface area contributed by atoms with Crippen LogP contribution < -0.4 is 10.2 Å². The first-order valence-corrected chi connectivity index (χ1v) is 8.24. The van der Waals surface area contributed by atoms with Crippen molar-refractivity contribution in [2.24, 2.45) is 0 Å². The van der Waals surface area contributed by atoms with E-state index >= 15 is 0 Å². The van der Waals surface area contributed by atoms with Gasteiger partial charge in [-0.05, 0) is 26.0 Å². The summed E-state index contributed by atoms with van der Waals surface area (Å²) in [6.45, 7) is 7.22. The molecule has 106 valence electrons. The SMILES string of the molecule is CCNc1nc(CC)nc(N(C)C2CCSC2)c1C. The normalized spacial score (nSPS) is 18.6. The van der Waals surface area contributed by atoms with E-state index in [4.69, 9.17) is 4.98 Å². The molecule has 1 aromatic rings. The molecule has 0 amide bonds. The molecule has 1 atom stereocenters. The summed E-state index contributed by atoms with van der Waals surface area (Å²) < 4.78 is 0. The molecule has 0 saturated carbocycles. The molecule has 0 radical (unpaired) electrons. The maximum atomic E-state index is 4.74. The van der Waals surface area contributed by atoms with E-state index in [1.54, 1.807) is 0 Å². The van der Waals surface area contributed by atoms with Gasteiger partial charge in [0.2, 0.25) is 0 Å². The van der Waals surface area contributed by atoms with E-state index in [2.05, 4.69) is 43.0 Å². The van der Waals surface area contributed by atoms with Gasteiger partial charge < -0.3 is 10.2 Å². The monoisotopic (exact) mass is 280 g/mol. The summed E-state index contributed by atoms with van der Waals surface area (Å²) in [5.74, 6) is 5.48. The molecule has 0 aliphatic carbocycles. The van der Waals surface area contributed by atoms with E-state index < -0.39 is 0 Å². The number of rotatable bonds is 5. The van der Waals surface area contributed by atoms with Crippen LogP contribution in [0.25, 0.3) is 0 Å². The van der Waals surface area contributed by atoms with E-state index in [9.17, 15) is 0 Å². The van der Waals surface area contributed by atoms with Crippen LogP contribution in [0.2, 0.25) is 0 Å². The molecule has 1 aromatic heterocycles. The first kappa shape index (κ1) is 14.4. The molecule has 1 saturated heterocycles. The number of aromatic nitrogens is 2. The Labute approximate surface area is 120 Å². The van der Waals surface area contributed by atoms with Gasteiger partial charge in [0.25, 0.3) is 0 Å². The zero-order chi connectivity index (χ0) is 13.8. The lowest BCUT2D eigenvalue weighted by Crippen LogP contribution is -2.33. The average Bonchev–Trinajstić information content (AvgIpc) is 2.94. The Kier molecular flexibility index (Phi) is 4.91. The van der Waals surface area contributed by atoms with Crippen molar-refractivity contribution in [1.82, 2.24) is 9.97 Å². The molecule has 0 aromatic carbocycles. The minimum Gasteiger partial charge on any atom is -0.370 e. The Morgan fingerprint density at radius 2 is 2.16 bits per heavy atom. The maximum Gasteiger partial charge on any atom is 0.137 e. The second-order valence-electron chi connectivity index (χ2n) is 4.95. The number of nitrogens with zero attached hydrogens (tertiary/aromatic N) is 3. The molecule has 1 fully saturated rings. The molecule has 19 heavy (non-hydrogen) atoms. The molecule has 0 bridgehead atoms. The van der Waals surface area contributed by atoms with Gasteiger partial charge in [-0.1, -0.05) is 6.92 Å². The highest BCUT2D eigenvalue weighted by molar-refractivity contribution is 7.99. The van der Waals surface area contributed by atoms with Crippen LogP contribution in [0, 0.1) is 6.92 Å². The predicted octanol–water partition coefficient (Wildman–Crippen LogP) is 2.72. The number of hydrogen-bond donors (Lipinski definition) is 1. The fourth-order valence-corrected chi connectivity index (χ4v) is 3.66. The molecule has 2 heterocycles. The molecular formula is C14H24N4S. The van der Waals surface area contributed by atoms with Crippen LogP contribution in [-0.4, -0.2) is 41.1 Å². The number of thioether (sulfide) groups is 1. The van der Waals surface area contributed by atoms with Gasteiger partial charge in [-0.25, -0.2) is 9.97 Å². The van der Waals surface area contributed by atoms with Gasteiger partial charge >= 0.3 is 0 Å². The second-order valence-corrected chi connectivity index (χ2v) is 6.10. The van der Waals surface area contributed by atoms with Crippen molar-refractivity contribution < 1.29 is 0 Å². The van der Waals surface area contributed by atoms with E-state index in [1.165, 1.54) is 23.5 Å². The Morgan fingerprint density at radius 3 is 2.74 bits per heavy atom. The Balaban J connectivity index is 2.33. The van der Waals surface area contributed by atoms with E-state index in [-0.39, 0.29) is 0 Å². The van der Waals surface area contributed by atoms with Crippen molar-refractivity contribution in [1.29, 1.82) is 0 Å². The summed E-state index contributed by atoms with van der Waals surface area (Å²) in [6, 6.07) is 0.609. The van der Waals surface area contributed by atoms with Crippen molar-refractivity contribution in [3.05, 3.63) is 11.4 Å². The minimum atomic E-state index is 0.609. The molecule has 1 unspecified atom stereocenters. The van der Waals surface area contributed by atoms with Gasteiger partial charge in [-0.3, -0.25) is 0 Å². The van der Waals surface area contributed by atoms with Gasteiger partial charge in [0, 0.05) is 37.4 Å². The van der Waals surface area contributed by atoms with Crippen molar-refractivity contribution in [2.45, 2.75) is 39.7 Å². The number of hydrogen-bond acceptors (Lipinski definition) is 5. The van der Waals surface area contributed by atoms with Crippen LogP contribution in [0.5, 0.6) is 0 Å². The van der Waals surface area contributed by atoms with Crippen LogP contribution in [0.1, 0.15) is 31.7 Å². The van der Waals surface area contributed by atoms with Crippen molar-refractivity contribution >= 4 is 23.4 Å². The highest BCUT2D eigenvalue weighted by atomic mass is 32.2. The fraction of sp³-hybridized carbons (Fsp3) is 0.714. The summed E-state index contributed by atoms with van der Waals surface area (Å²) in [7, 11) is 2.17. The summed E-state index contributed by atoms with van der Waals surface area (Å²) >= 11 is 2.03. The lowest BCUT2D eigenvalue weighted by molar-refractivity contribution is 0.685. The third kappa shape index (κ3) is 3.14. The first-order chi connectivity index (χ1) is 9.17. The van der Waals surface area contributed by atoms with Gasteiger partial charge in [0.15, 0.2) is 0 Å². The quantitative estimate of drug-likeness (QED) is 0.898. The van der Waals surface area contributed by atoms with E-state index in [0.29, 0.717) is 6.04 Å². The van der Waals surface area contributed by atoms with Crippen LogP contribution >= 0.6 is 11.8 Å². The number of anilines is 2. The molecule has 4 nitrogen and oxygen atoms in total. The first-order valence-electron chi connectivity index (χ1n) is 7.09. The maximum absolute atomic E-state index is 4.74. The van der Waals surface area contributed by atoms with Gasteiger partial charge in [0.1, 0.15) is 17.5 Å². The molecule has 2 rings (SSSR count). The molecular weight excluding hydrogens is 256 g/mol. The predicted molar refractivity (Wildman–Crippen MR) is 84.4 cm³/mol. The Hall–Kier alpha value is -0.970. The Morgan fingerprint density at radius 1 is 1.37 bits per heavy atom. The Bertz CT molecular complexity index is 430. The smallest absolute Gasteiger partial charge is 0.137 e. The molecule has 1 N–H and O–H groups in total. The summed E-state index contributed by atoms with van der Waals surface area (Å²) in [4.78, 5) is 11.7. The lowest BCUT2D eigenvalue weighted by atomic mass is 10.2. The molecule has 1 aliphatic heterocycles. The third-order valence-corrected chi connectivity index (χ3v) is 4.76. The van der Waals surface area contributed by atoms with Crippen LogP contribution in [-0.2, 0) is 6.42 Å². The van der Waals surface area contributed by atoms with Gasteiger partial charge in [0.05, 0.1) is 0 Å². The van der Waals surface area contributed by atoms with Crippen molar-refractivity contribution in [3.8, 4) is 0 Å². The number of nitrogens with one attached hydrogen (secondary N) is 1. The molecule has 5 heteroatoms. The highest BCUT2D eigenvalue weighted by Gasteiger charge is 2.23. The van der Waals surface area contributed by atoms with Crippen LogP contribution in [0.15, 0.2) is 0 Å². The highest BCUT2D eigenvalue weighted by Crippen LogP contribution is 2.29. The topological polar surface area (TPSA) is 41.1 Å². The zero-order valence-corrected chi connectivity index (χ0v) is 13.2. The van der Waals surface area contributed by atoms with E-state index in [0.717, 1.165) is 30.4 Å². The van der Waals surface area contributed by atoms with Crippen molar-refractivity contribution in [3.63, 3.8) is 0 Å². The lowest BCUT2D eigenvalue weighted by Gasteiger charge is -2.27. The summed E-state index contributed by atoms with van der Waals surface area (Å²) in [5.41, 5.74) is 1.17. The zero-order valence-electron chi connectivity index (χ0n) is 12.4. The largest absolute Gasteiger partial charge is 0.370 e. The summed E-state index contributed by atoms with van der Waals surface area (Å²) in [6.07, 6.45) is 2.13. The van der Waals surface area contributed by atoms with Crippen LogP contribution in [0.3, 0.4) is 0 Å². The van der Waals surface area contributed by atoms with Crippen LogP contribution in [0.4, 0.5) is 11.6 Å². The van der Waals surface area contributed by atoms with E-state index in [1.807, 2.05) is 11.8 Å². The molecule has 1 aliphatic rings.